The van der Waals surface area contributed by atoms with Crippen molar-refractivity contribution >= 4 is 15.9 Å². The Morgan fingerprint density at radius 3 is 1.97 bits per heavy atom. The first-order chi connectivity index (χ1) is 17.7. The van der Waals surface area contributed by atoms with Gasteiger partial charge in [-0.25, -0.2) is 13.2 Å². The monoisotopic (exact) mass is 539 g/mol. The van der Waals surface area contributed by atoms with Crippen molar-refractivity contribution in [2.24, 2.45) is 11.3 Å². The Hall–Kier alpha value is -2.38. The number of urea groups is 1. The van der Waals surface area contributed by atoms with E-state index in [9.17, 15) is 13.2 Å². The van der Waals surface area contributed by atoms with Gasteiger partial charge in [0, 0.05) is 6.54 Å². The van der Waals surface area contributed by atoms with E-state index in [1.54, 1.807) is 12.1 Å². The maximum atomic E-state index is 13.2. The summed E-state index contributed by atoms with van der Waals surface area (Å²) in [5.74, 6) is 0.698. The van der Waals surface area contributed by atoms with Gasteiger partial charge >= 0.3 is 6.03 Å². The Labute approximate surface area is 229 Å². The number of rotatable bonds is 8. The molecular weight excluding hydrogens is 494 g/mol. The fourth-order valence-electron chi connectivity index (χ4n) is 5.91. The first-order valence-corrected chi connectivity index (χ1v) is 15.6. The van der Waals surface area contributed by atoms with Gasteiger partial charge in [-0.05, 0) is 92.8 Å². The van der Waals surface area contributed by atoms with Crippen LogP contribution in [0.2, 0.25) is 0 Å². The number of sulfone groups is 1. The number of nitrogens with one attached hydrogen (secondary N) is 2. The molecule has 0 saturated carbocycles. The molecular formula is C31H45N3O3S. The molecule has 208 valence electrons. The maximum absolute atomic E-state index is 13.2. The molecule has 3 fully saturated rings. The number of carbonyl (C=O) groups excluding carboxylic acids is 1. The maximum Gasteiger partial charge on any atom is 0.315 e. The Morgan fingerprint density at radius 2 is 1.50 bits per heavy atom. The molecule has 3 heterocycles. The molecule has 6 nitrogen and oxygen atoms in total. The second-order valence-electron chi connectivity index (χ2n) is 13.0. The van der Waals surface area contributed by atoms with Gasteiger partial charge in [-0.3, -0.25) is 0 Å². The lowest BCUT2D eigenvalue weighted by molar-refractivity contribution is 0.00985. The van der Waals surface area contributed by atoms with Crippen LogP contribution in [0.5, 0.6) is 0 Å². The largest absolute Gasteiger partial charge is 0.331 e. The van der Waals surface area contributed by atoms with Crippen LogP contribution in [-0.2, 0) is 15.4 Å². The van der Waals surface area contributed by atoms with Crippen molar-refractivity contribution in [3.63, 3.8) is 0 Å². The van der Waals surface area contributed by atoms with Gasteiger partial charge in [0.2, 0.25) is 0 Å². The molecule has 1 atom stereocenters. The second kappa shape index (κ2) is 10.6. The van der Waals surface area contributed by atoms with Crippen LogP contribution in [0, 0.1) is 11.3 Å². The van der Waals surface area contributed by atoms with Crippen molar-refractivity contribution in [2.45, 2.75) is 83.2 Å². The van der Waals surface area contributed by atoms with Crippen LogP contribution in [-0.4, -0.2) is 50.3 Å². The van der Waals surface area contributed by atoms with Gasteiger partial charge in [0.05, 0.1) is 21.7 Å². The minimum absolute atomic E-state index is 0.0247. The van der Waals surface area contributed by atoms with Crippen LogP contribution >= 0.6 is 0 Å². The van der Waals surface area contributed by atoms with Crippen LogP contribution in [0.15, 0.2) is 53.4 Å². The number of hydrogen-bond donors (Lipinski definition) is 2. The summed E-state index contributed by atoms with van der Waals surface area (Å²) in [6, 6.07) is 15.2. The van der Waals surface area contributed by atoms with Gasteiger partial charge in [0.1, 0.15) is 0 Å². The van der Waals surface area contributed by atoms with E-state index in [4.69, 9.17) is 0 Å². The second-order valence-corrected chi connectivity index (χ2v) is 15.1. The van der Waals surface area contributed by atoms with E-state index in [1.165, 1.54) is 0 Å². The van der Waals surface area contributed by atoms with E-state index in [0.29, 0.717) is 17.2 Å². The molecule has 3 aliphatic rings. The highest BCUT2D eigenvalue weighted by atomic mass is 32.2. The third kappa shape index (κ3) is 6.42. The van der Waals surface area contributed by atoms with Crippen LogP contribution in [0.1, 0.15) is 72.8 Å². The topological polar surface area (TPSA) is 78.5 Å². The van der Waals surface area contributed by atoms with Gasteiger partial charge < -0.3 is 15.5 Å². The van der Waals surface area contributed by atoms with Crippen molar-refractivity contribution in [1.29, 1.82) is 0 Å². The average Bonchev–Trinajstić information content (AvgIpc) is 2.87. The third-order valence-corrected chi connectivity index (χ3v) is 10.3. The van der Waals surface area contributed by atoms with Crippen LogP contribution < -0.4 is 10.6 Å². The summed E-state index contributed by atoms with van der Waals surface area (Å²) >= 11 is 0. The summed E-state index contributed by atoms with van der Waals surface area (Å²) in [7, 11) is -3.30. The van der Waals surface area contributed by atoms with Crippen molar-refractivity contribution in [2.75, 3.05) is 25.4 Å². The summed E-state index contributed by atoms with van der Waals surface area (Å²) < 4.78 is 25.5. The molecule has 0 radical (unpaired) electrons. The quantitative estimate of drug-likeness (QED) is 0.433. The molecule has 3 aliphatic heterocycles. The lowest BCUT2D eigenvalue weighted by Crippen LogP contribution is -2.68. The molecule has 2 aromatic carbocycles. The molecule has 2 bridgehead atoms. The number of hydrogen-bond acceptors (Lipinski definition) is 4. The fourth-order valence-corrected chi connectivity index (χ4v) is 7.58. The number of piperidine rings is 3. The zero-order valence-corrected chi connectivity index (χ0v) is 24.7. The van der Waals surface area contributed by atoms with Gasteiger partial charge in [-0.15, -0.1) is 0 Å². The zero-order chi connectivity index (χ0) is 27.8. The molecule has 5 rings (SSSR count). The van der Waals surface area contributed by atoms with E-state index in [0.717, 1.165) is 55.6 Å². The normalized spacial score (nSPS) is 23.7. The number of benzene rings is 2. The van der Waals surface area contributed by atoms with Gasteiger partial charge in [0.15, 0.2) is 9.84 Å². The molecule has 1 unspecified atom stereocenters. The fraction of sp³-hybridized carbons (Fsp3) is 0.581. The average molecular weight is 540 g/mol. The standard InChI is InChI=1S/C31H45N3O3S/c1-7-31(22-34-19-16-26(31)17-20-34)33-28(35)32-30(5,6)25-12-8-23(9-13-25)24-10-14-27(15-11-24)38(36,37)21-18-29(2,3)4/h8-15,26H,7,16-22H2,1-6H3,(H2,32,33,35). The predicted octanol–water partition coefficient (Wildman–Crippen LogP) is 5.97. The molecule has 0 spiro atoms. The molecule has 7 heteroatoms. The lowest BCUT2D eigenvalue weighted by Gasteiger charge is -2.53. The van der Waals surface area contributed by atoms with E-state index < -0.39 is 15.4 Å². The first kappa shape index (κ1) is 28.6. The Kier molecular flexibility index (Phi) is 8.02. The highest BCUT2D eigenvalue weighted by Crippen LogP contribution is 2.38. The van der Waals surface area contributed by atoms with Crippen molar-refractivity contribution < 1.29 is 13.2 Å². The first-order valence-electron chi connectivity index (χ1n) is 14.0. The smallest absolute Gasteiger partial charge is 0.315 e. The minimum Gasteiger partial charge on any atom is -0.331 e. The van der Waals surface area contributed by atoms with E-state index in [1.807, 2.05) is 50.2 Å². The molecule has 2 aromatic rings. The van der Waals surface area contributed by atoms with Crippen LogP contribution in [0.4, 0.5) is 4.79 Å². The summed E-state index contributed by atoms with van der Waals surface area (Å²) in [4.78, 5) is 16.0. The SMILES string of the molecule is CCC1(NC(=O)NC(C)(C)c2ccc(-c3ccc(S(=O)(=O)CCC(C)(C)C)cc3)cc2)CN2CCC1CC2. The summed E-state index contributed by atoms with van der Waals surface area (Å²) in [5.41, 5.74) is 2.26. The number of carbonyl (C=O) groups is 1. The highest BCUT2D eigenvalue weighted by Gasteiger charge is 2.46. The van der Waals surface area contributed by atoms with Gasteiger partial charge in [0.25, 0.3) is 0 Å². The van der Waals surface area contributed by atoms with E-state index in [2.05, 4.69) is 43.2 Å². The lowest BCUT2D eigenvalue weighted by atomic mass is 9.71. The van der Waals surface area contributed by atoms with E-state index in [-0.39, 0.29) is 22.7 Å². The van der Waals surface area contributed by atoms with E-state index >= 15 is 0 Å². The predicted molar refractivity (Wildman–Crippen MR) is 155 cm³/mol. The molecule has 2 amide bonds. The number of amides is 2. The van der Waals surface area contributed by atoms with Crippen LogP contribution in [0.3, 0.4) is 0 Å². The highest BCUT2D eigenvalue weighted by molar-refractivity contribution is 7.91. The zero-order valence-electron chi connectivity index (χ0n) is 23.9. The Morgan fingerprint density at radius 1 is 0.947 bits per heavy atom. The molecule has 3 saturated heterocycles. The molecule has 0 aliphatic carbocycles. The number of fused-ring (bicyclic) bond motifs is 3. The Balaban J connectivity index is 1.41. The molecule has 2 N–H and O–H groups in total. The summed E-state index contributed by atoms with van der Waals surface area (Å²) in [6.45, 7) is 15.6. The third-order valence-electron chi connectivity index (χ3n) is 8.57. The molecule has 38 heavy (non-hydrogen) atoms. The summed E-state index contributed by atoms with van der Waals surface area (Å²) in [5, 5.41) is 6.58. The Bertz CT molecular complexity index is 1220. The van der Waals surface area contributed by atoms with Crippen molar-refractivity contribution in [1.82, 2.24) is 15.5 Å². The number of nitrogens with zero attached hydrogens (tertiary/aromatic N) is 1. The van der Waals surface area contributed by atoms with Gasteiger partial charge in [-0.2, -0.15) is 0 Å². The summed E-state index contributed by atoms with van der Waals surface area (Å²) in [6.07, 6.45) is 3.87. The molecule has 0 aromatic heterocycles. The van der Waals surface area contributed by atoms with Crippen molar-refractivity contribution in [3.05, 3.63) is 54.1 Å². The van der Waals surface area contributed by atoms with Crippen molar-refractivity contribution in [3.8, 4) is 11.1 Å². The van der Waals surface area contributed by atoms with Gasteiger partial charge in [-0.1, -0.05) is 64.1 Å². The minimum atomic E-state index is -3.30. The van der Waals surface area contributed by atoms with Crippen LogP contribution in [0.25, 0.3) is 11.1 Å².